The van der Waals surface area contributed by atoms with Gasteiger partial charge in [0.1, 0.15) is 4.88 Å². The van der Waals surface area contributed by atoms with Gasteiger partial charge >= 0.3 is 5.97 Å². The van der Waals surface area contributed by atoms with Crippen LogP contribution in [0.4, 0.5) is 5.69 Å². The van der Waals surface area contributed by atoms with Gasteiger partial charge in [-0.05, 0) is 54.3 Å². The van der Waals surface area contributed by atoms with Crippen LogP contribution in [0.1, 0.15) is 45.4 Å². The van der Waals surface area contributed by atoms with Crippen LogP contribution in [0.3, 0.4) is 0 Å². The molecular formula is C23H20N2O5S. The molecule has 0 bridgehead atoms. The third-order valence-corrected chi connectivity index (χ3v) is 6.06. The molecule has 0 aliphatic carbocycles. The molecule has 158 valence electrons. The average molecular weight is 436 g/mol. The van der Waals surface area contributed by atoms with Crippen LogP contribution < -0.4 is 5.32 Å². The zero-order valence-electron chi connectivity index (χ0n) is 16.8. The number of hydrogen-bond donors (Lipinski definition) is 1. The fourth-order valence-electron chi connectivity index (χ4n) is 3.37. The second kappa shape index (κ2) is 8.69. The Hall–Kier alpha value is -3.52. The monoisotopic (exact) mass is 436 g/mol. The van der Waals surface area contributed by atoms with E-state index in [-0.39, 0.29) is 43.1 Å². The number of carbonyl (C=O) groups is 4. The van der Waals surface area contributed by atoms with Crippen molar-refractivity contribution in [3.8, 4) is 0 Å². The van der Waals surface area contributed by atoms with E-state index in [0.717, 1.165) is 15.6 Å². The van der Waals surface area contributed by atoms with Gasteiger partial charge < -0.3 is 10.1 Å². The number of nitrogens with zero attached hydrogens (tertiary/aromatic N) is 1. The summed E-state index contributed by atoms with van der Waals surface area (Å²) in [7, 11) is 0. The first-order chi connectivity index (χ1) is 14.9. The van der Waals surface area contributed by atoms with Gasteiger partial charge in [0.2, 0.25) is 11.8 Å². The predicted molar refractivity (Wildman–Crippen MR) is 117 cm³/mol. The molecule has 4 rings (SSSR count). The van der Waals surface area contributed by atoms with Gasteiger partial charge in [-0.15, -0.1) is 11.3 Å². The first kappa shape index (κ1) is 20.7. The lowest BCUT2D eigenvalue weighted by Crippen LogP contribution is -2.28. The Morgan fingerprint density at radius 1 is 1.03 bits per heavy atom. The number of amides is 3. The summed E-state index contributed by atoms with van der Waals surface area (Å²) in [5.41, 5.74) is 1.86. The molecule has 1 aromatic heterocycles. The van der Waals surface area contributed by atoms with Gasteiger partial charge in [-0.25, -0.2) is 4.79 Å². The highest BCUT2D eigenvalue weighted by molar-refractivity contribution is 7.20. The minimum atomic E-state index is -0.355. The number of esters is 1. The number of anilines is 1. The van der Waals surface area contributed by atoms with Crippen molar-refractivity contribution in [3.63, 3.8) is 0 Å². The van der Waals surface area contributed by atoms with Crippen LogP contribution in [-0.2, 0) is 20.9 Å². The van der Waals surface area contributed by atoms with E-state index in [4.69, 9.17) is 4.74 Å². The standard InChI is InChI=1S/C23H20N2O5S/c1-2-30-23(29)19-12-16-11-17(7-8-18(16)31-19)24-22(28)15-5-3-14(4-6-15)13-25-20(26)9-10-21(25)27/h3-8,11-12H,2,9-10,13H2,1H3,(H,24,28). The Balaban J connectivity index is 1.44. The van der Waals surface area contributed by atoms with Crippen LogP contribution in [-0.4, -0.2) is 35.2 Å². The topological polar surface area (TPSA) is 92.8 Å². The van der Waals surface area contributed by atoms with Crippen LogP contribution in [0.5, 0.6) is 0 Å². The largest absolute Gasteiger partial charge is 0.462 e. The molecule has 1 fully saturated rings. The summed E-state index contributed by atoms with van der Waals surface area (Å²) >= 11 is 1.34. The zero-order chi connectivity index (χ0) is 22.0. The van der Waals surface area contributed by atoms with E-state index < -0.39 is 0 Å². The van der Waals surface area contributed by atoms with E-state index in [0.29, 0.717) is 22.7 Å². The number of imide groups is 1. The van der Waals surface area contributed by atoms with E-state index in [9.17, 15) is 19.2 Å². The number of carbonyl (C=O) groups excluding carboxylic acids is 4. The van der Waals surface area contributed by atoms with Crippen molar-refractivity contribution in [1.29, 1.82) is 0 Å². The van der Waals surface area contributed by atoms with Gasteiger partial charge in [-0.3, -0.25) is 19.3 Å². The molecule has 2 aromatic carbocycles. The average Bonchev–Trinajstić information content (AvgIpc) is 3.32. The molecule has 0 spiro atoms. The third-order valence-electron chi connectivity index (χ3n) is 4.96. The molecule has 1 N–H and O–H groups in total. The molecule has 0 saturated carbocycles. The van der Waals surface area contributed by atoms with Crippen LogP contribution in [0, 0.1) is 0 Å². The number of hydrogen-bond acceptors (Lipinski definition) is 6. The van der Waals surface area contributed by atoms with Gasteiger partial charge in [0.25, 0.3) is 5.91 Å². The Bertz CT molecular complexity index is 1170. The van der Waals surface area contributed by atoms with Crippen molar-refractivity contribution in [3.05, 3.63) is 64.5 Å². The summed E-state index contributed by atoms with van der Waals surface area (Å²) < 4.78 is 5.96. The number of likely N-dealkylation sites (tertiary alicyclic amines) is 1. The smallest absolute Gasteiger partial charge is 0.348 e. The van der Waals surface area contributed by atoms with Crippen LogP contribution in [0.25, 0.3) is 10.1 Å². The number of benzene rings is 2. The minimum absolute atomic E-state index is 0.165. The molecule has 1 saturated heterocycles. The summed E-state index contributed by atoms with van der Waals surface area (Å²) in [6.07, 6.45) is 0.518. The first-order valence-corrected chi connectivity index (χ1v) is 10.7. The summed E-state index contributed by atoms with van der Waals surface area (Å²) in [5.74, 6) is -0.963. The summed E-state index contributed by atoms with van der Waals surface area (Å²) in [6.45, 7) is 2.30. The third kappa shape index (κ3) is 4.49. The number of thiophene rings is 1. The molecule has 7 nitrogen and oxygen atoms in total. The highest BCUT2D eigenvalue weighted by atomic mass is 32.1. The first-order valence-electron chi connectivity index (χ1n) is 9.89. The highest BCUT2D eigenvalue weighted by Crippen LogP contribution is 2.29. The second-order valence-electron chi connectivity index (χ2n) is 7.11. The molecule has 1 aliphatic rings. The van der Waals surface area contributed by atoms with Crippen molar-refractivity contribution in [2.75, 3.05) is 11.9 Å². The van der Waals surface area contributed by atoms with Gasteiger partial charge in [0.05, 0.1) is 13.2 Å². The quantitative estimate of drug-likeness (QED) is 0.466. The number of rotatable bonds is 6. The summed E-state index contributed by atoms with van der Waals surface area (Å²) in [6, 6.07) is 14.0. The maximum absolute atomic E-state index is 12.6. The van der Waals surface area contributed by atoms with Crippen LogP contribution >= 0.6 is 11.3 Å². The molecule has 2 heterocycles. The predicted octanol–water partition coefficient (Wildman–Crippen LogP) is 3.98. The maximum Gasteiger partial charge on any atom is 0.348 e. The zero-order valence-corrected chi connectivity index (χ0v) is 17.7. The van der Waals surface area contributed by atoms with E-state index in [1.54, 1.807) is 43.3 Å². The van der Waals surface area contributed by atoms with Gasteiger partial charge in [-0.2, -0.15) is 0 Å². The highest BCUT2D eigenvalue weighted by Gasteiger charge is 2.28. The van der Waals surface area contributed by atoms with Crippen molar-refractivity contribution in [2.24, 2.45) is 0 Å². The molecule has 3 amide bonds. The fraction of sp³-hybridized carbons (Fsp3) is 0.217. The van der Waals surface area contributed by atoms with E-state index in [1.807, 2.05) is 12.1 Å². The Morgan fingerprint density at radius 2 is 1.74 bits per heavy atom. The molecular weight excluding hydrogens is 416 g/mol. The molecule has 8 heteroatoms. The molecule has 0 unspecified atom stereocenters. The number of nitrogens with one attached hydrogen (secondary N) is 1. The normalized spacial score (nSPS) is 13.6. The second-order valence-corrected chi connectivity index (χ2v) is 8.19. The maximum atomic E-state index is 12.6. The number of ether oxygens (including phenoxy) is 1. The van der Waals surface area contributed by atoms with Gasteiger partial charge in [0, 0.05) is 28.8 Å². The lowest BCUT2D eigenvalue weighted by Gasteiger charge is -2.14. The van der Waals surface area contributed by atoms with E-state index >= 15 is 0 Å². The van der Waals surface area contributed by atoms with Crippen LogP contribution in [0.2, 0.25) is 0 Å². The van der Waals surface area contributed by atoms with Crippen molar-refractivity contribution in [2.45, 2.75) is 26.3 Å². The van der Waals surface area contributed by atoms with E-state index in [2.05, 4.69) is 5.32 Å². The molecule has 0 atom stereocenters. The fourth-order valence-corrected chi connectivity index (χ4v) is 4.31. The van der Waals surface area contributed by atoms with E-state index in [1.165, 1.54) is 16.2 Å². The van der Waals surface area contributed by atoms with Crippen LogP contribution in [0.15, 0.2) is 48.5 Å². The lowest BCUT2D eigenvalue weighted by molar-refractivity contribution is -0.139. The summed E-state index contributed by atoms with van der Waals surface area (Å²) in [5, 5.41) is 3.70. The number of fused-ring (bicyclic) bond motifs is 1. The Morgan fingerprint density at radius 3 is 2.42 bits per heavy atom. The van der Waals surface area contributed by atoms with Crippen molar-refractivity contribution in [1.82, 2.24) is 4.90 Å². The van der Waals surface area contributed by atoms with Crippen molar-refractivity contribution >= 4 is 50.8 Å². The van der Waals surface area contributed by atoms with Gasteiger partial charge in [-0.1, -0.05) is 12.1 Å². The minimum Gasteiger partial charge on any atom is -0.462 e. The summed E-state index contributed by atoms with van der Waals surface area (Å²) in [4.78, 5) is 49.8. The molecule has 31 heavy (non-hydrogen) atoms. The van der Waals surface area contributed by atoms with Gasteiger partial charge in [0.15, 0.2) is 0 Å². The lowest BCUT2D eigenvalue weighted by atomic mass is 10.1. The molecule has 3 aromatic rings. The SMILES string of the molecule is CCOC(=O)c1cc2cc(NC(=O)c3ccc(CN4C(=O)CCC4=O)cc3)ccc2s1. The Labute approximate surface area is 182 Å². The molecule has 0 radical (unpaired) electrons. The Kier molecular flexibility index (Phi) is 5.81. The molecule has 1 aliphatic heterocycles. The van der Waals surface area contributed by atoms with Crippen molar-refractivity contribution < 1.29 is 23.9 Å².